The minimum absolute atomic E-state index is 0.133. The van der Waals surface area contributed by atoms with E-state index in [0.29, 0.717) is 17.7 Å². The van der Waals surface area contributed by atoms with Gasteiger partial charge < -0.3 is 4.74 Å². The van der Waals surface area contributed by atoms with Crippen LogP contribution in [0.15, 0.2) is 0 Å². The van der Waals surface area contributed by atoms with Gasteiger partial charge in [-0.1, -0.05) is 27.7 Å². The Morgan fingerprint density at radius 2 is 2.06 bits per heavy atom. The Hall–Kier alpha value is -0.410. The molecule has 3 nitrogen and oxygen atoms in total. The van der Waals surface area contributed by atoms with E-state index in [0.717, 1.165) is 32.6 Å². The monoisotopic (exact) mass is 239 g/mol. The topological polar surface area (TPSA) is 29.5 Å². The average molecular weight is 239 g/mol. The zero-order valence-electron chi connectivity index (χ0n) is 11.5. The van der Waals surface area contributed by atoms with E-state index in [4.69, 9.17) is 4.74 Å². The second-order valence-electron chi connectivity index (χ2n) is 6.05. The first-order chi connectivity index (χ1) is 8.01. The van der Waals surface area contributed by atoms with Crippen molar-refractivity contribution >= 4 is 5.78 Å². The number of carbonyl (C=O) groups excluding carboxylic acids is 1. The standard InChI is InChI=1S/C14H25NO2/c1-5-14(3,4)13(16)11-7-10-8-17-9-12(10)15(11)6-2/h10-12H,5-9H2,1-4H3. The molecule has 2 rings (SSSR count). The van der Waals surface area contributed by atoms with Gasteiger partial charge in [0.15, 0.2) is 5.78 Å². The second kappa shape index (κ2) is 4.69. The highest BCUT2D eigenvalue weighted by Gasteiger charge is 2.48. The van der Waals surface area contributed by atoms with E-state index < -0.39 is 0 Å². The van der Waals surface area contributed by atoms with Crippen LogP contribution in [0, 0.1) is 11.3 Å². The summed E-state index contributed by atoms with van der Waals surface area (Å²) in [4.78, 5) is 15.0. The molecule has 3 unspecified atom stereocenters. The van der Waals surface area contributed by atoms with Gasteiger partial charge >= 0.3 is 0 Å². The molecule has 2 heterocycles. The van der Waals surface area contributed by atoms with Crippen LogP contribution in [0.1, 0.15) is 40.5 Å². The summed E-state index contributed by atoms with van der Waals surface area (Å²) in [7, 11) is 0. The van der Waals surface area contributed by atoms with E-state index in [1.54, 1.807) is 0 Å². The molecule has 3 atom stereocenters. The normalized spacial score (nSPS) is 34.0. The maximum Gasteiger partial charge on any atom is 0.155 e. The van der Waals surface area contributed by atoms with Crippen LogP contribution in [-0.4, -0.2) is 42.5 Å². The van der Waals surface area contributed by atoms with Crippen LogP contribution in [0.4, 0.5) is 0 Å². The van der Waals surface area contributed by atoms with Gasteiger partial charge in [0, 0.05) is 17.4 Å². The molecule has 0 aromatic carbocycles. The fraction of sp³-hybridized carbons (Fsp3) is 0.929. The van der Waals surface area contributed by atoms with Gasteiger partial charge in [-0.25, -0.2) is 0 Å². The van der Waals surface area contributed by atoms with E-state index in [1.165, 1.54) is 0 Å². The third-order valence-corrected chi connectivity index (χ3v) is 4.74. The van der Waals surface area contributed by atoms with Crippen molar-refractivity contribution in [3.8, 4) is 0 Å². The van der Waals surface area contributed by atoms with Crippen molar-refractivity contribution in [1.82, 2.24) is 4.90 Å². The molecule has 98 valence electrons. The molecule has 0 aliphatic carbocycles. The summed E-state index contributed by atoms with van der Waals surface area (Å²) < 4.78 is 5.53. The fourth-order valence-corrected chi connectivity index (χ4v) is 3.17. The molecule has 0 bridgehead atoms. The number of likely N-dealkylation sites (tertiary alicyclic amines) is 1. The van der Waals surface area contributed by atoms with Crippen molar-refractivity contribution in [1.29, 1.82) is 0 Å². The molecule has 0 saturated carbocycles. The molecular weight excluding hydrogens is 214 g/mol. The second-order valence-corrected chi connectivity index (χ2v) is 6.05. The lowest BCUT2D eigenvalue weighted by molar-refractivity contribution is -0.132. The number of hydrogen-bond acceptors (Lipinski definition) is 3. The molecule has 2 aliphatic rings. The molecule has 0 aromatic rings. The van der Waals surface area contributed by atoms with Crippen molar-refractivity contribution in [3.63, 3.8) is 0 Å². The van der Waals surface area contributed by atoms with Crippen LogP contribution in [0.5, 0.6) is 0 Å². The number of likely N-dealkylation sites (N-methyl/N-ethyl adjacent to an activating group) is 1. The van der Waals surface area contributed by atoms with Crippen LogP contribution < -0.4 is 0 Å². The third kappa shape index (κ3) is 2.15. The lowest BCUT2D eigenvalue weighted by Gasteiger charge is -2.32. The maximum atomic E-state index is 12.6. The molecule has 3 heteroatoms. The van der Waals surface area contributed by atoms with E-state index >= 15 is 0 Å². The van der Waals surface area contributed by atoms with Gasteiger partial charge in [-0.2, -0.15) is 0 Å². The van der Waals surface area contributed by atoms with Crippen molar-refractivity contribution in [2.24, 2.45) is 11.3 Å². The molecule has 0 radical (unpaired) electrons. The third-order valence-electron chi connectivity index (χ3n) is 4.74. The average Bonchev–Trinajstić information content (AvgIpc) is 2.87. The summed E-state index contributed by atoms with van der Waals surface area (Å²) in [6.45, 7) is 11.0. The zero-order chi connectivity index (χ0) is 12.6. The number of nitrogens with zero attached hydrogens (tertiary/aromatic N) is 1. The van der Waals surface area contributed by atoms with Gasteiger partial charge in [-0.3, -0.25) is 9.69 Å². The van der Waals surface area contributed by atoms with Crippen LogP contribution in [0.3, 0.4) is 0 Å². The Labute approximate surface area is 105 Å². The number of carbonyl (C=O) groups is 1. The van der Waals surface area contributed by atoms with Gasteiger partial charge in [0.2, 0.25) is 0 Å². The van der Waals surface area contributed by atoms with Gasteiger partial charge in [0.25, 0.3) is 0 Å². The summed E-state index contributed by atoms with van der Waals surface area (Å²) in [5.41, 5.74) is -0.183. The summed E-state index contributed by atoms with van der Waals surface area (Å²) in [5, 5.41) is 0. The highest BCUT2D eigenvalue weighted by molar-refractivity contribution is 5.89. The first-order valence-corrected chi connectivity index (χ1v) is 6.89. The zero-order valence-corrected chi connectivity index (χ0v) is 11.5. The van der Waals surface area contributed by atoms with E-state index in [9.17, 15) is 4.79 Å². The van der Waals surface area contributed by atoms with Crippen molar-refractivity contribution in [2.45, 2.75) is 52.6 Å². The number of Topliss-reactive ketones (excluding diaryl/α,β-unsaturated/α-hetero) is 1. The summed E-state index contributed by atoms with van der Waals surface area (Å²) in [6.07, 6.45) is 1.92. The van der Waals surface area contributed by atoms with E-state index in [1.807, 2.05) is 0 Å². The Morgan fingerprint density at radius 1 is 1.35 bits per heavy atom. The van der Waals surface area contributed by atoms with Gasteiger partial charge in [-0.05, 0) is 19.4 Å². The number of hydrogen-bond donors (Lipinski definition) is 0. The number of ketones is 1. The van der Waals surface area contributed by atoms with Crippen LogP contribution >= 0.6 is 0 Å². The van der Waals surface area contributed by atoms with Crippen LogP contribution in [-0.2, 0) is 9.53 Å². The minimum Gasteiger partial charge on any atom is -0.379 e. The minimum atomic E-state index is -0.183. The van der Waals surface area contributed by atoms with Crippen LogP contribution in [0.2, 0.25) is 0 Å². The quantitative estimate of drug-likeness (QED) is 0.752. The molecule has 17 heavy (non-hydrogen) atoms. The Kier molecular flexibility index (Phi) is 3.60. The Bertz CT molecular complexity index is 301. The molecular formula is C14H25NO2. The summed E-state index contributed by atoms with van der Waals surface area (Å²) in [5.74, 6) is 1.01. The van der Waals surface area contributed by atoms with E-state index in [-0.39, 0.29) is 11.5 Å². The molecule has 0 N–H and O–H groups in total. The first-order valence-electron chi connectivity index (χ1n) is 6.89. The maximum absolute atomic E-state index is 12.6. The smallest absolute Gasteiger partial charge is 0.155 e. The highest BCUT2D eigenvalue weighted by Crippen LogP contribution is 2.38. The van der Waals surface area contributed by atoms with Crippen molar-refractivity contribution < 1.29 is 9.53 Å². The summed E-state index contributed by atoms with van der Waals surface area (Å²) in [6, 6.07) is 0.621. The summed E-state index contributed by atoms with van der Waals surface area (Å²) >= 11 is 0. The molecule has 0 spiro atoms. The predicted octanol–water partition coefficient (Wildman–Crippen LogP) is 2.10. The molecule has 0 aromatic heterocycles. The predicted molar refractivity (Wildman–Crippen MR) is 68.0 cm³/mol. The molecule has 2 fully saturated rings. The number of fused-ring (bicyclic) bond motifs is 1. The molecule has 2 aliphatic heterocycles. The van der Waals surface area contributed by atoms with Crippen LogP contribution in [0.25, 0.3) is 0 Å². The Morgan fingerprint density at radius 3 is 2.65 bits per heavy atom. The van der Waals surface area contributed by atoms with Gasteiger partial charge in [-0.15, -0.1) is 0 Å². The van der Waals surface area contributed by atoms with Gasteiger partial charge in [0.1, 0.15) is 0 Å². The molecule has 0 amide bonds. The lowest BCUT2D eigenvalue weighted by atomic mass is 9.80. The fourth-order valence-electron chi connectivity index (χ4n) is 3.17. The molecule has 2 saturated heterocycles. The van der Waals surface area contributed by atoms with E-state index in [2.05, 4.69) is 32.6 Å². The number of ether oxygens (including phenoxy) is 1. The SMILES string of the molecule is CCN1C(C(=O)C(C)(C)CC)CC2COCC21. The highest BCUT2D eigenvalue weighted by atomic mass is 16.5. The number of rotatable bonds is 4. The lowest BCUT2D eigenvalue weighted by Crippen LogP contribution is -2.46. The van der Waals surface area contributed by atoms with Crippen molar-refractivity contribution in [2.75, 3.05) is 19.8 Å². The van der Waals surface area contributed by atoms with Crippen molar-refractivity contribution in [3.05, 3.63) is 0 Å². The Balaban J connectivity index is 2.14. The van der Waals surface area contributed by atoms with Gasteiger partial charge in [0.05, 0.1) is 19.3 Å². The largest absolute Gasteiger partial charge is 0.379 e. The first kappa shape index (κ1) is 13.0.